The second-order valence-electron chi connectivity index (χ2n) is 6.34. The van der Waals surface area contributed by atoms with Gasteiger partial charge in [0.25, 0.3) is 0 Å². The van der Waals surface area contributed by atoms with E-state index in [1.54, 1.807) is 12.3 Å². The Hall–Kier alpha value is -3.03. The molecule has 4 N–H and O–H groups in total. The third-order valence-corrected chi connectivity index (χ3v) is 4.43. The van der Waals surface area contributed by atoms with E-state index in [0.717, 1.165) is 22.3 Å². The molecule has 3 heterocycles. The van der Waals surface area contributed by atoms with E-state index in [1.165, 1.54) is 0 Å². The van der Waals surface area contributed by atoms with Crippen LogP contribution in [-0.4, -0.2) is 32.2 Å². The molecule has 1 aliphatic rings. The first-order valence-electron chi connectivity index (χ1n) is 7.97. The van der Waals surface area contributed by atoms with Crippen molar-refractivity contribution in [2.45, 2.75) is 26.4 Å². The number of pyridine rings is 2. The first-order chi connectivity index (χ1) is 11.9. The van der Waals surface area contributed by atoms with E-state index in [2.05, 4.69) is 25.5 Å². The molecule has 1 aliphatic carbocycles. The minimum Gasteiger partial charge on any atom is -0.383 e. The fourth-order valence-corrected chi connectivity index (χ4v) is 2.95. The predicted octanol–water partition coefficient (Wildman–Crippen LogP) is 2.52. The van der Waals surface area contributed by atoms with Gasteiger partial charge in [0.15, 0.2) is 0 Å². The highest BCUT2D eigenvalue weighted by Gasteiger charge is 2.43. The molecule has 0 spiro atoms. The molecule has 1 saturated carbocycles. The van der Waals surface area contributed by atoms with E-state index in [-0.39, 0.29) is 12.3 Å². The summed E-state index contributed by atoms with van der Waals surface area (Å²) in [6, 6.07) is 3.60. The summed E-state index contributed by atoms with van der Waals surface area (Å²) in [5, 5.41) is 11.2. The molecule has 0 aromatic carbocycles. The van der Waals surface area contributed by atoms with Gasteiger partial charge in [-0.3, -0.25) is 9.89 Å². The molecule has 7 nitrogen and oxygen atoms in total. The number of fused-ring (bicyclic) bond motifs is 1. The number of rotatable bonds is 3. The van der Waals surface area contributed by atoms with Crippen LogP contribution in [0.4, 0.5) is 16.0 Å². The molecule has 4 rings (SSSR count). The average molecular weight is 340 g/mol. The Morgan fingerprint density at radius 3 is 2.80 bits per heavy atom. The first-order valence-corrected chi connectivity index (χ1v) is 7.97. The number of nitrogens with one attached hydrogen (secondary N) is 2. The van der Waals surface area contributed by atoms with Crippen molar-refractivity contribution in [1.82, 2.24) is 20.2 Å². The van der Waals surface area contributed by atoms with Crippen LogP contribution in [0, 0.1) is 19.8 Å². The Balaban J connectivity index is 1.74. The number of anilines is 2. The zero-order valence-corrected chi connectivity index (χ0v) is 13.8. The van der Waals surface area contributed by atoms with E-state index in [4.69, 9.17) is 5.73 Å². The molecule has 3 aromatic rings. The van der Waals surface area contributed by atoms with E-state index >= 15 is 0 Å². The summed E-state index contributed by atoms with van der Waals surface area (Å²) in [4.78, 5) is 20.5. The minimum absolute atomic E-state index is 0.277. The van der Waals surface area contributed by atoms with Gasteiger partial charge in [-0.1, -0.05) is 0 Å². The van der Waals surface area contributed by atoms with Gasteiger partial charge in [0.1, 0.15) is 17.8 Å². The smallest absolute Gasteiger partial charge is 0.231 e. The summed E-state index contributed by atoms with van der Waals surface area (Å²) in [6.07, 6.45) is 0.796. The number of amides is 1. The molecular weight excluding hydrogens is 323 g/mol. The Bertz CT molecular complexity index is 979. The summed E-state index contributed by atoms with van der Waals surface area (Å²) in [6.45, 7) is 3.81. The van der Waals surface area contributed by atoms with Gasteiger partial charge < -0.3 is 11.1 Å². The zero-order chi connectivity index (χ0) is 17.7. The van der Waals surface area contributed by atoms with Gasteiger partial charge in [0.2, 0.25) is 5.91 Å². The molecule has 0 aliphatic heterocycles. The van der Waals surface area contributed by atoms with E-state index in [1.807, 2.05) is 19.9 Å². The van der Waals surface area contributed by atoms with Crippen LogP contribution in [0.3, 0.4) is 0 Å². The third kappa shape index (κ3) is 2.69. The lowest BCUT2D eigenvalue weighted by Crippen LogP contribution is -2.15. The van der Waals surface area contributed by atoms with Crippen molar-refractivity contribution in [3.63, 3.8) is 0 Å². The summed E-state index contributed by atoms with van der Waals surface area (Å²) in [7, 11) is 0. The van der Waals surface area contributed by atoms with Crippen LogP contribution in [0.5, 0.6) is 0 Å². The maximum Gasteiger partial charge on any atom is 0.231 e. The van der Waals surface area contributed by atoms with Crippen LogP contribution in [0.2, 0.25) is 0 Å². The van der Waals surface area contributed by atoms with Crippen molar-refractivity contribution in [2.24, 2.45) is 5.92 Å². The summed E-state index contributed by atoms with van der Waals surface area (Å²) >= 11 is 0. The van der Waals surface area contributed by atoms with Crippen molar-refractivity contribution in [1.29, 1.82) is 0 Å². The molecule has 0 saturated heterocycles. The fraction of sp³-hybridized carbons (Fsp3) is 0.294. The van der Waals surface area contributed by atoms with E-state index in [0.29, 0.717) is 22.7 Å². The highest BCUT2D eigenvalue weighted by molar-refractivity contribution is 5.98. The number of halogens is 1. The van der Waals surface area contributed by atoms with Crippen molar-refractivity contribution < 1.29 is 9.18 Å². The van der Waals surface area contributed by atoms with Gasteiger partial charge in [0, 0.05) is 22.8 Å². The maximum atomic E-state index is 13.0. The van der Waals surface area contributed by atoms with Gasteiger partial charge in [-0.25, -0.2) is 14.4 Å². The SMILES string of the molecule is Cc1n[nH]c(C)c1-c1cc2cc(NC(=O)[C@@H]3C[C@@H]3F)ncc2c(N)n1. The van der Waals surface area contributed by atoms with Crippen LogP contribution in [-0.2, 0) is 4.79 Å². The molecule has 25 heavy (non-hydrogen) atoms. The summed E-state index contributed by atoms with van der Waals surface area (Å²) in [5.74, 6) is -0.187. The number of aromatic amines is 1. The van der Waals surface area contributed by atoms with Gasteiger partial charge in [-0.2, -0.15) is 5.10 Å². The average Bonchev–Trinajstić information content (AvgIpc) is 3.20. The zero-order valence-electron chi connectivity index (χ0n) is 13.8. The van der Waals surface area contributed by atoms with Crippen molar-refractivity contribution in [3.05, 3.63) is 29.7 Å². The highest BCUT2D eigenvalue weighted by Crippen LogP contribution is 2.35. The number of aromatic nitrogens is 4. The van der Waals surface area contributed by atoms with Gasteiger partial charge in [0.05, 0.1) is 17.3 Å². The number of alkyl halides is 1. The van der Waals surface area contributed by atoms with Crippen LogP contribution in [0.15, 0.2) is 18.3 Å². The topological polar surface area (TPSA) is 110 Å². The second-order valence-corrected chi connectivity index (χ2v) is 6.34. The number of nitrogens with two attached hydrogens (primary N) is 1. The molecule has 8 heteroatoms. The van der Waals surface area contributed by atoms with E-state index in [9.17, 15) is 9.18 Å². The van der Waals surface area contributed by atoms with Crippen LogP contribution < -0.4 is 11.1 Å². The molecular formula is C17H17FN6O. The fourth-order valence-electron chi connectivity index (χ4n) is 2.95. The number of nitrogens with zero attached hydrogens (tertiary/aromatic N) is 3. The largest absolute Gasteiger partial charge is 0.383 e. The number of hydrogen-bond acceptors (Lipinski definition) is 5. The number of carbonyl (C=O) groups excluding carboxylic acids is 1. The van der Waals surface area contributed by atoms with Crippen molar-refractivity contribution in [2.75, 3.05) is 11.1 Å². The quantitative estimate of drug-likeness (QED) is 0.679. The van der Waals surface area contributed by atoms with Crippen LogP contribution in [0.1, 0.15) is 17.8 Å². The summed E-state index contributed by atoms with van der Waals surface area (Å²) < 4.78 is 13.0. The number of nitrogen functional groups attached to an aromatic ring is 1. The number of H-pyrrole nitrogens is 1. The van der Waals surface area contributed by atoms with Gasteiger partial charge in [-0.05, 0) is 37.8 Å². The lowest BCUT2D eigenvalue weighted by Gasteiger charge is -2.09. The van der Waals surface area contributed by atoms with Crippen molar-refractivity contribution >= 4 is 28.3 Å². The molecule has 2 atom stereocenters. The number of aryl methyl sites for hydroxylation is 2. The number of hydrogen-bond donors (Lipinski definition) is 3. The molecule has 128 valence electrons. The van der Waals surface area contributed by atoms with Gasteiger partial charge in [-0.15, -0.1) is 0 Å². The van der Waals surface area contributed by atoms with Crippen LogP contribution in [0.25, 0.3) is 22.0 Å². The third-order valence-electron chi connectivity index (χ3n) is 4.43. The van der Waals surface area contributed by atoms with Crippen molar-refractivity contribution in [3.8, 4) is 11.3 Å². The minimum atomic E-state index is -1.04. The Morgan fingerprint density at radius 1 is 1.40 bits per heavy atom. The van der Waals surface area contributed by atoms with Gasteiger partial charge >= 0.3 is 0 Å². The monoisotopic (exact) mass is 340 g/mol. The standard InChI is InChI=1S/C17H17FN6O/c1-7-15(8(2)24-23-7)13-3-9-4-14(20-6-11(9)16(19)21-13)22-17(25)10-5-12(10)18/h3-4,6,10,12H,5H2,1-2H3,(H2,19,21)(H,23,24)(H,20,22,25)/t10-,12+/m1/s1. The van der Waals surface area contributed by atoms with E-state index < -0.39 is 12.1 Å². The van der Waals surface area contributed by atoms with Crippen LogP contribution >= 0.6 is 0 Å². The summed E-state index contributed by atoms with van der Waals surface area (Å²) in [5.41, 5.74) is 9.39. The lowest BCUT2D eigenvalue weighted by molar-refractivity contribution is -0.117. The number of carbonyl (C=O) groups is 1. The lowest BCUT2D eigenvalue weighted by atomic mass is 10.1. The highest BCUT2D eigenvalue weighted by atomic mass is 19.1. The molecule has 0 bridgehead atoms. The maximum absolute atomic E-state index is 13.0. The molecule has 1 amide bonds. The predicted molar refractivity (Wildman–Crippen MR) is 92.6 cm³/mol. The molecule has 3 aromatic heterocycles. The Labute approximate surface area is 142 Å². The molecule has 0 unspecified atom stereocenters. The Morgan fingerprint density at radius 2 is 2.16 bits per heavy atom. The second kappa shape index (κ2) is 5.51. The Kier molecular flexibility index (Phi) is 3.41. The molecule has 1 fully saturated rings. The first kappa shape index (κ1) is 15.5. The normalized spacial score (nSPS) is 19.2. The molecule has 0 radical (unpaired) electrons.